The Morgan fingerprint density at radius 1 is 0.589 bits per heavy atom. The molecule has 0 saturated carbocycles. The first kappa shape index (κ1) is 41.7. The van der Waals surface area contributed by atoms with Crippen molar-refractivity contribution in [2.24, 2.45) is 0 Å². The van der Waals surface area contributed by atoms with Crippen LogP contribution in [0.15, 0.2) is 39.5 Å². The fourth-order valence-corrected chi connectivity index (χ4v) is 6.37. The van der Waals surface area contributed by atoms with E-state index in [0.29, 0.717) is 0 Å². The minimum absolute atomic E-state index is 0.0432. The zero-order valence-electron chi connectivity index (χ0n) is 29.2. The summed E-state index contributed by atoms with van der Waals surface area (Å²) in [7, 11) is 1.27. The third kappa shape index (κ3) is 7.70. The zero-order valence-corrected chi connectivity index (χ0v) is 29.2. The normalized spacial score (nSPS) is 36.3. The van der Waals surface area contributed by atoms with Gasteiger partial charge in [-0.3, -0.25) is 4.79 Å². The first-order chi connectivity index (χ1) is 26.6. The molecule has 13 N–H and O–H groups in total. The van der Waals surface area contributed by atoms with E-state index in [4.69, 9.17) is 37.6 Å². The largest absolute Gasteiger partial charge is 0.507 e. The SMILES string of the molecule is COc1cc(O)c2c(=O)c(O[C@@H]3OC(CO)[C@H](O)C(O)C3O)c(-c3ccc(O[C@@H]4OC(CO)[C@@H](O)C(O)C4O)c(O[C@@H]4OC(CO)[C@@H](O)[C@H](O)C4O)c3)oc2c1. The van der Waals surface area contributed by atoms with Gasteiger partial charge >= 0.3 is 0 Å². The van der Waals surface area contributed by atoms with Gasteiger partial charge in [0.1, 0.15) is 95.7 Å². The highest BCUT2D eigenvalue weighted by atomic mass is 16.7. The molecule has 0 radical (unpaired) electrons. The van der Waals surface area contributed by atoms with Gasteiger partial charge in [0.05, 0.1) is 26.9 Å². The van der Waals surface area contributed by atoms with E-state index in [0.717, 1.165) is 18.2 Å². The van der Waals surface area contributed by atoms with E-state index in [2.05, 4.69) is 0 Å². The number of methoxy groups -OCH3 is 1. The van der Waals surface area contributed by atoms with Gasteiger partial charge in [0.25, 0.3) is 0 Å². The second-order valence-corrected chi connectivity index (χ2v) is 13.2. The van der Waals surface area contributed by atoms with E-state index in [1.807, 2.05) is 0 Å². The van der Waals surface area contributed by atoms with E-state index < -0.39 is 146 Å². The monoisotopic (exact) mass is 802 g/mol. The molecule has 0 aliphatic carbocycles. The molecule has 0 bridgehead atoms. The van der Waals surface area contributed by atoms with Crippen molar-refractivity contribution in [2.45, 2.75) is 92.1 Å². The fourth-order valence-electron chi connectivity index (χ4n) is 6.37. The van der Waals surface area contributed by atoms with Gasteiger partial charge in [-0.1, -0.05) is 0 Å². The van der Waals surface area contributed by atoms with Crippen LogP contribution in [0, 0.1) is 0 Å². The maximum absolute atomic E-state index is 14.1. The van der Waals surface area contributed by atoms with Crippen molar-refractivity contribution in [3.8, 4) is 40.1 Å². The van der Waals surface area contributed by atoms with Crippen molar-refractivity contribution < 1.29 is 104 Å². The van der Waals surface area contributed by atoms with E-state index in [-0.39, 0.29) is 22.6 Å². The molecule has 6 rings (SSSR count). The standard InChI is InChI=1S/C34H42O22/c1-49-11-5-12(38)19-15(6-11)50-30(31(23(19)42)56-34-29(48)26(45)22(41)18(9-37)55-34)10-2-3-13(51-32-27(46)24(43)20(39)16(7-35)53-32)14(4-10)52-33-28(47)25(44)21(40)17(8-36)54-33/h2-6,16-18,20-22,24-29,32-41,43-48H,7-9H2,1H3/t16?,17?,18?,20-,21-,22+,24?,25+,26?,27?,28?,29?,32-,33-,34+/m1/s1. The van der Waals surface area contributed by atoms with Crippen molar-refractivity contribution >= 4 is 11.0 Å². The molecular formula is C34H42O22. The molecule has 22 heteroatoms. The third-order valence-electron chi connectivity index (χ3n) is 9.61. The van der Waals surface area contributed by atoms with Crippen molar-refractivity contribution in [1.29, 1.82) is 0 Å². The van der Waals surface area contributed by atoms with Crippen molar-refractivity contribution in [1.82, 2.24) is 0 Å². The molecule has 1 aromatic heterocycles. The van der Waals surface area contributed by atoms with Crippen LogP contribution >= 0.6 is 0 Å². The number of rotatable bonds is 11. The number of aliphatic hydroxyl groups is 12. The van der Waals surface area contributed by atoms with E-state index in [9.17, 15) is 71.2 Å². The van der Waals surface area contributed by atoms with Gasteiger partial charge in [-0.15, -0.1) is 0 Å². The molecule has 8 unspecified atom stereocenters. The summed E-state index contributed by atoms with van der Waals surface area (Å²) >= 11 is 0. The number of ether oxygens (including phenoxy) is 7. The summed E-state index contributed by atoms with van der Waals surface area (Å²) < 4.78 is 45.0. The third-order valence-corrected chi connectivity index (χ3v) is 9.61. The molecule has 0 spiro atoms. The Balaban J connectivity index is 1.50. The molecule has 3 fully saturated rings. The first-order valence-electron chi connectivity index (χ1n) is 17.1. The lowest BCUT2D eigenvalue weighted by Crippen LogP contribution is -2.60. The molecule has 4 heterocycles. The lowest BCUT2D eigenvalue weighted by molar-refractivity contribution is -0.282. The Kier molecular flexibility index (Phi) is 12.6. The van der Waals surface area contributed by atoms with Crippen LogP contribution in [0.1, 0.15) is 0 Å². The Bertz CT molecular complexity index is 1880. The molecule has 3 aliphatic heterocycles. The maximum atomic E-state index is 14.1. The highest BCUT2D eigenvalue weighted by Crippen LogP contribution is 2.42. The van der Waals surface area contributed by atoms with Crippen LogP contribution in [0.5, 0.6) is 28.7 Å². The van der Waals surface area contributed by atoms with Gasteiger partial charge in [-0.2, -0.15) is 0 Å². The Labute approximate surface area is 314 Å². The van der Waals surface area contributed by atoms with Gasteiger partial charge in [0, 0.05) is 17.7 Å². The zero-order chi connectivity index (χ0) is 40.7. The lowest BCUT2D eigenvalue weighted by atomic mass is 9.99. The predicted molar refractivity (Wildman–Crippen MR) is 179 cm³/mol. The Morgan fingerprint density at radius 3 is 1.52 bits per heavy atom. The summed E-state index contributed by atoms with van der Waals surface area (Å²) in [5, 5.41) is 134. The smallest absolute Gasteiger partial charge is 0.239 e. The lowest BCUT2D eigenvalue weighted by Gasteiger charge is -2.41. The summed E-state index contributed by atoms with van der Waals surface area (Å²) in [6.07, 6.45) is -26.9. The van der Waals surface area contributed by atoms with Crippen LogP contribution in [0.3, 0.4) is 0 Å². The number of benzene rings is 2. The number of aromatic hydroxyl groups is 1. The molecule has 3 aromatic rings. The van der Waals surface area contributed by atoms with Crippen LogP contribution in [0.2, 0.25) is 0 Å². The van der Waals surface area contributed by atoms with Crippen LogP contribution in [-0.4, -0.2) is 185 Å². The molecular weight excluding hydrogens is 760 g/mol. The van der Waals surface area contributed by atoms with Gasteiger partial charge in [0.2, 0.25) is 30.0 Å². The summed E-state index contributed by atoms with van der Waals surface area (Å²) in [4.78, 5) is 14.1. The summed E-state index contributed by atoms with van der Waals surface area (Å²) in [5.74, 6) is -2.71. The molecule has 22 nitrogen and oxygen atoms in total. The van der Waals surface area contributed by atoms with Crippen molar-refractivity contribution in [2.75, 3.05) is 26.9 Å². The average molecular weight is 803 g/mol. The van der Waals surface area contributed by atoms with Gasteiger partial charge in [-0.25, -0.2) is 0 Å². The summed E-state index contributed by atoms with van der Waals surface area (Å²) in [5.41, 5.74) is -1.51. The van der Waals surface area contributed by atoms with E-state index >= 15 is 0 Å². The maximum Gasteiger partial charge on any atom is 0.239 e. The quantitative estimate of drug-likeness (QED) is 0.0861. The summed E-state index contributed by atoms with van der Waals surface area (Å²) in [6.45, 7) is -2.49. The van der Waals surface area contributed by atoms with Crippen LogP contribution < -0.4 is 24.4 Å². The molecule has 15 atom stereocenters. The highest BCUT2D eigenvalue weighted by molar-refractivity contribution is 5.88. The predicted octanol–water partition coefficient (Wildman–Crippen LogP) is -5.29. The van der Waals surface area contributed by atoms with Crippen LogP contribution in [0.25, 0.3) is 22.3 Å². The van der Waals surface area contributed by atoms with Gasteiger partial charge in [-0.05, 0) is 18.2 Å². The van der Waals surface area contributed by atoms with E-state index in [1.54, 1.807) is 0 Å². The molecule has 3 aliphatic rings. The summed E-state index contributed by atoms with van der Waals surface area (Å²) in [6, 6.07) is 5.74. The number of hydrogen-bond donors (Lipinski definition) is 13. The molecule has 2 aromatic carbocycles. The second-order valence-electron chi connectivity index (χ2n) is 13.2. The number of fused-ring (bicyclic) bond motifs is 1. The highest BCUT2D eigenvalue weighted by Gasteiger charge is 2.48. The molecule has 56 heavy (non-hydrogen) atoms. The number of phenolic OH excluding ortho intramolecular Hbond substituents is 1. The van der Waals surface area contributed by atoms with E-state index in [1.165, 1.54) is 19.2 Å². The number of aliphatic hydroxyl groups excluding tert-OH is 12. The first-order valence-corrected chi connectivity index (χ1v) is 17.1. The molecule has 0 amide bonds. The Hall–Kier alpha value is -3.95. The topological polar surface area (TPSA) is 358 Å². The minimum Gasteiger partial charge on any atom is -0.507 e. The van der Waals surface area contributed by atoms with Crippen LogP contribution in [-0.2, 0) is 14.2 Å². The Morgan fingerprint density at radius 2 is 1.05 bits per heavy atom. The average Bonchev–Trinajstić information content (AvgIpc) is 3.19. The van der Waals surface area contributed by atoms with Crippen molar-refractivity contribution in [3.63, 3.8) is 0 Å². The fraction of sp³-hybridized carbons (Fsp3) is 0.559. The second kappa shape index (κ2) is 16.9. The molecule has 310 valence electrons. The molecule has 3 saturated heterocycles. The van der Waals surface area contributed by atoms with Gasteiger partial charge in [0.15, 0.2) is 17.3 Å². The van der Waals surface area contributed by atoms with Crippen LogP contribution in [0.4, 0.5) is 0 Å². The van der Waals surface area contributed by atoms with Crippen molar-refractivity contribution in [3.05, 3.63) is 40.6 Å². The van der Waals surface area contributed by atoms with Gasteiger partial charge < -0.3 is 104 Å². The number of hydrogen-bond acceptors (Lipinski definition) is 22. The minimum atomic E-state index is -2.01. The number of phenols is 1.